The minimum absolute atomic E-state index is 0.0173. The van der Waals surface area contributed by atoms with E-state index in [1.807, 2.05) is 36.4 Å². The molecule has 4 heteroatoms. The molecule has 0 spiro atoms. The molecule has 2 aliphatic rings. The van der Waals surface area contributed by atoms with Crippen molar-refractivity contribution in [1.82, 2.24) is 4.90 Å². The van der Waals surface area contributed by atoms with Crippen LogP contribution in [0.3, 0.4) is 0 Å². The molecule has 1 fully saturated rings. The van der Waals surface area contributed by atoms with E-state index in [2.05, 4.69) is 30.0 Å². The van der Waals surface area contributed by atoms with Gasteiger partial charge in [-0.05, 0) is 29.0 Å². The molecule has 2 aromatic rings. The van der Waals surface area contributed by atoms with Crippen LogP contribution in [0.4, 0.5) is 0 Å². The number of hydrogen-bond donors (Lipinski definition) is 0. The first-order valence-electron chi connectivity index (χ1n) is 8.64. The van der Waals surface area contributed by atoms with Gasteiger partial charge in [0.25, 0.3) is 0 Å². The molecule has 0 amide bonds. The van der Waals surface area contributed by atoms with Gasteiger partial charge in [-0.25, -0.2) is 0 Å². The van der Waals surface area contributed by atoms with E-state index >= 15 is 0 Å². The molecule has 24 heavy (non-hydrogen) atoms. The van der Waals surface area contributed by atoms with E-state index in [0.29, 0.717) is 0 Å². The maximum absolute atomic E-state index is 12.0. The summed E-state index contributed by atoms with van der Waals surface area (Å²) in [6.07, 6.45) is 0.776. The zero-order chi connectivity index (χ0) is 16.7. The monoisotopic (exact) mass is 322 g/mol. The van der Waals surface area contributed by atoms with Crippen molar-refractivity contribution in [3.63, 3.8) is 0 Å². The van der Waals surface area contributed by atoms with Crippen molar-refractivity contribution in [2.45, 2.75) is 37.9 Å². The highest BCUT2D eigenvalue weighted by Gasteiger charge is 2.50. The number of rotatable bonds is 2. The van der Waals surface area contributed by atoms with Crippen molar-refractivity contribution < 1.29 is 4.92 Å². The molecular formula is C20H22N2O2. The average molecular weight is 322 g/mol. The highest BCUT2D eigenvalue weighted by atomic mass is 16.6. The Balaban J connectivity index is 1.74. The summed E-state index contributed by atoms with van der Waals surface area (Å²) < 4.78 is 0. The van der Waals surface area contributed by atoms with E-state index in [0.717, 1.165) is 25.1 Å². The standard InChI is InChI=1S/C20H22N2O2/c1-14-12-21-13-17-10-6-5-9-16(17)11-18(21)20(22(23)24)19(14)15-7-3-2-4-8-15/h2-10,14,18-20H,11-13H2,1H3/t14-,18+,19-,20+/m0/s1. The number of piperidine rings is 1. The number of benzene rings is 2. The lowest BCUT2D eigenvalue weighted by atomic mass is 9.72. The predicted molar refractivity (Wildman–Crippen MR) is 93.5 cm³/mol. The lowest BCUT2D eigenvalue weighted by molar-refractivity contribution is -0.540. The molecule has 4 atom stereocenters. The van der Waals surface area contributed by atoms with Gasteiger partial charge in [0.05, 0.1) is 12.0 Å². The fraction of sp³-hybridized carbons (Fsp3) is 0.400. The molecule has 0 saturated carbocycles. The first-order valence-corrected chi connectivity index (χ1v) is 8.64. The SMILES string of the molecule is C[C@H]1CN2Cc3ccccc3C[C@@H]2[C@@H]([N+](=O)[O-])[C@@H]1c1ccccc1. The normalized spacial score (nSPS) is 29.5. The first-order chi connectivity index (χ1) is 11.6. The molecule has 4 nitrogen and oxygen atoms in total. The van der Waals surface area contributed by atoms with Crippen molar-refractivity contribution in [2.75, 3.05) is 6.54 Å². The van der Waals surface area contributed by atoms with Gasteiger partial charge in [-0.15, -0.1) is 0 Å². The van der Waals surface area contributed by atoms with E-state index in [9.17, 15) is 10.1 Å². The van der Waals surface area contributed by atoms with Crippen LogP contribution in [0.25, 0.3) is 0 Å². The van der Waals surface area contributed by atoms with Crippen molar-refractivity contribution in [3.05, 3.63) is 81.4 Å². The van der Waals surface area contributed by atoms with Gasteiger partial charge in [-0.2, -0.15) is 0 Å². The maximum atomic E-state index is 12.0. The summed E-state index contributed by atoms with van der Waals surface area (Å²) in [4.78, 5) is 14.3. The van der Waals surface area contributed by atoms with Crippen LogP contribution >= 0.6 is 0 Å². The molecule has 0 aromatic heterocycles. The van der Waals surface area contributed by atoms with Gasteiger partial charge in [0, 0.05) is 18.0 Å². The molecule has 1 saturated heterocycles. The van der Waals surface area contributed by atoms with Gasteiger partial charge >= 0.3 is 0 Å². The summed E-state index contributed by atoms with van der Waals surface area (Å²) in [5.74, 6) is 0.247. The minimum Gasteiger partial charge on any atom is -0.289 e. The Kier molecular flexibility index (Phi) is 3.85. The van der Waals surface area contributed by atoms with Gasteiger partial charge in [0.1, 0.15) is 0 Å². The summed E-state index contributed by atoms with van der Waals surface area (Å²) >= 11 is 0. The first kappa shape index (κ1) is 15.3. The van der Waals surface area contributed by atoms with Crippen LogP contribution in [0.15, 0.2) is 54.6 Å². The lowest BCUT2D eigenvalue weighted by Crippen LogP contribution is -2.59. The Labute approximate surface area is 142 Å². The second-order valence-electron chi connectivity index (χ2n) is 7.16. The molecule has 2 aromatic carbocycles. The molecule has 0 aliphatic carbocycles. The van der Waals surface area contributed by atoms with Crippen LogP contribution in [0, 0.1) is 16.0 Å². The van der Waals surface area contributed by atoms with E-state index in [1.165, 1.54) is 11.1 Å². The molecule has 0 radical (unpaired) electrons. The van der Waals surface area contributed by atoms with Crippen molar-refractivity contribution in [3.8, 4) is 0 Å². The predicted octanol–water partition coefficient (Wildman–Crippen LogP) is 3.49. The molecule has 0 unspecified atom stereocenters. The number of hydrogen-bond acceptors (Lipinski definition) is 3. The topological polar surface area (TPSA) is 46.4 Å². The molecule has 2 heterocycles. The van der Waals surface area contributed by atoms with Crippen LogP contribution in [0.2, 0.25) is 0 Å². The molecule has 0 N–H and O–H groups in total. The fourth-order valence-corrected chi connectivity index (χ4v) is 4.67. The van der Waals surface area contributed by atoms with Crippen LogP contribution in [0.1, 0.15) is 29.5 Å². The molecule has 0 bridgehead atoms. The third-order valence-corrected chi connectivity index (χ3v) is 5.72. The fourth-order valence-electron chi connectivity index (χ4n) is 4.67. The van der Waals surface area contributed by atoms with E-state index in [-0.39, 0.29) is 22.8 Å². The maximum Gasteiger partial charge on any atom is 0.235 e. The summed E-state index contributed by atoms with van der Waals surface area (Å²) in [5.41, 5.74) is 3.69. The van der Waals surface area contributed by atoms with Gasteiger partial charge < -0.3 is 0 Å². The average Bonchev–Trinajstić information content (AvgIpc) is 2.59. The summed E-state index contributed by atoms with van der Waals surface area (Å²) in [7, 11) is 0. The Morgan fingerprint density at radius 1 is 1.04 bits per heavy atom. The smallest absolute Gasteiger partial charge is 0.235 e. The van der Waals surface area contributed by atoms with Crippen LogP contribution in [-0.2, 0) is 13.0 Å². The largest absolute Gasteiger partial charge is 0.289 e. The Bertz CT molecular complexity index is 746. The van der Waals surface area contributed by atoms with Crippen LogP contribution in [-0.4, -0.2) is 28.5 Å². The second kappa shape index (κ2) is 6.02. The quantitative estimate of drug-likeness (QED) is 0.628. The van der Waals surface area contributed by atoms with Crippen molar-refractivity contribution >= 4 is 0 Å². The number of nitrogens with zero attached hydrogens (tertiary/aromatic N) is 2. The lowest BCUT2D eigenvalue weighted by Gasteiger charge is -2.47. The van der Waals surface area contributed by atoms with E-state index in [1.54, 1.807) is 0 Å². The Morgan fingerprint density at radius 3 is 2.42 bits per heavy atom. The summed E-state index contributed by atoms with van der Waals surface area (Å²) in [6.45, 7) is 3.91. The van der Waals surface area contributed by atoms with Gasteiger partial charge in [-0.1, -0.05) is 61.5 Å². The molecule has 4 rings (SSSR count). The zero-order valence-electron chi connectivity index (χ0n) is 13.8. The van der Waals surface area contributed by atoms with E-state index in [4.69, 9.17) is 0 Å². The van der Waals surface area contributed by atoms with Crippen molar-refractivity contribution in [1.29, 1.82) is 0 Å². The Hall–Kier alpha value is -2.20. The van der Waals surface area contributed by atoms with Gasteiger partial charge in [-0.3, -0.25) is 15.0 Å². The zero-order valence-corrected chi connectivity index (χ0v) is 13.8. The summed E-state index contributed by atoms with van der Waals surface area (Å²) in [5, 5.41) is 12.0. The summed E-state index contributed by atoms with van der Waals surface area (Å²) in [6, 6.07) is 17.8. The second-order valence-corrected chi connectivity index (χ2v) is 7.16. The van der Waals surface area contributed by atoms with Gasteiger partial charge in [0.2, 0.25) is 6.04 Å². The highest BCUT2D eigenvalue weighted by Crippen LogP contribution is 2.41. The van der Waals surface area contributed by atoms with Crippen LogP contribution < -0.4 is 0 Å². The third-order valence-electron chi connectivity index (χ3n) is 5.72. The van der Waals surface area contributed by atoms with Crippen molar-refractivity contribution in [2.24, 2.45) is 5.92 Å². The minimum atomic E-state index is -0.551. The number of fused-ring (bicyclic) bond motifs is 2. The van der Waals surface area contributed by atoms with E-state index < -0.39 is 6.04 Å². The highest BCUT2D eigenvalue weighted by molar-refractivity contribution is 5.32. The van der Waals surface area contributed by atoms with Crippen LogP contribution in [0.5, 0.6) is 0 Å². The molecular weight excluding hydrogens is 300 g/mol. The Morgan fingerprint density at radius 2 is 1.71 bits per heavy atom. The molecule has 124 valence electrons. The van der Waals surface area contributed by atoms with Gasteiger partial charge in [0.15, 0.2) is 0 Å². The number of nitro groups is 1. The molecule has 2 aliphatic heterocycles. The third kappa shape index (κ3) is 2.51.